The highest BCUT2D eigenvalue weighted by molar-refractivity contribution is 5.71. The molecule has 6 heteroatoms. The highest BCUT2D eigenvalue weighted by Crippen LogP contribution is 2.13. The van der Waals surface area contributed by atoms with Crippen molar-refractivity contribution in [1.82, 2.24) is 0 Å². The fourth-order valence-electron chi connectivity index (χ4n) is 8.11. The number of rotatable bonds is 56. The molecule has 1 atom stereocenters. The van der Waals surface area contributed by atoms with Gasteiger partial charge in [0, 0.05) is 19.3 Å². The number of ether oxygens (including phenoxy) is 3. The Bertz CT molecular complexity index is 1900. The fourth-order valence-corrected chi connectivity index (χ4v) is 8.11. The van der Waals surface area contributed by atoms with E-state index in [2.05, 4.69) is 203 Å². The van der Waals surface area contributed by atoms with Gasteiger partial charge in [0.25, 0.3) is 0 Å². The lowest BCUT2D eigenvalue weighted by molar-refractivity contribution is -0.167. The van der Waals surface area contributed by atoms with Gasteiger partial charge in [-0.3, -0.25) is 14.4 Å². The van der Waals surface area contributed by atoms with E-state index in [9.17, 15) is 14.4 Å². The number of esters is 3. The molecule has 0 N–H and O–H groups in total. The maximum atomic E-state index is 12.9. The largest absolute Gasteiger partial charge is 0.462 e. The van der Waals surface area contributed by atoms with Crippen molar-refractivity contribution in [3.05, 3.63) is 182 Å². The Kier molecular flexibility index (Phi) is 62.5. The summed E-state index contributed by atoms with van der Waals surface area (Å²) in [5, 5.41) is 0. The van der Waals surface area contributed by atoms with Crippen molar-refractivity contribution in [2.45, 2.75) is 258 Å². The summed E-state index contributed by atoms with van der Waals surface area (Å²) in [5.41, 5.74) is 0. The van der Waals surface area contributed by atoms with Crippen LogP contribution in [0, 0.1) is 0 Å². The second-order valence-electron chi connectivity index (χ2n) is 20.5. The highest BCUT2D eigenvalue weighted by Gasteiger charge is 2.19. The molecule has 1 unspecified atom stereocenters. The molecule has 0 aliphatic heterocycles. The first kappa shape index (κ1) is 75.5. The topological polar surface area (TPSA) is 78.9 Å². The van der Waals surface area contributed by atoms with Crippen LogP contribution >= 0.6 is 0 Å². The van der Waals surface area contributed by atoms with Crippen LogP contribution in [0.25, 0.3) is 0 Å². The predicted octanol–water partition coefficient (Wildman–Crippen LogP) is 22.4. The van der Waals surface area contributed by atoms with Gasteiger partial charge in [-0.15, -0.1) is 0 Å². The van der Waals surface area contributed by atoms with Gasteiger partial charge in [0.2, 0.25) is 0 Å². The summed E-state index contributed by atoms with van der Waals surface area (Å²) in [4.78, 5) is 38.3. The number of unbranched alkanes of at least 4 members (excludes halogenated alkanes) is 15. The summed E-state index contributed by atoms with van der Waals surface area (Å²) in [6, 6.07) is 0. The molecule has 0 aliphatic carbocycles. The van der Waals surface area contributed by atoms with Crippen LogP contribution in [0.5, 0.6) is 0 Å². The van der Waals surface area contributed by atoms with Gasteiger partial charge in [-0.1, -0.05) is 261 Å². The molecule has 0 aromatic rings. The van der Waals surface area contributed by atoms with Gasteiger partial charge in [0.15, 0.2) is 6.10 Å². The first-order valence-corrected chi connectivity index (χ1v) is 32.3. The summed E-state index contributed by atoms with van der Waals surface area (Å²) in [6.45, 7) is 6.28. The van der Waals surface area contributed by atoms with Gasteiger partial charge < -0.3 is 14.2 Å². The molecule has 0 aliphatic rings. The van der Waals surface area contributed by atoms with E-state index < -0.39 is 6.10 Å². The Balaban J connectivity index is 4.39. The first-order chi connectivity index (χ1) is 40.0. The normalized spacial score (nSPS) is 13.4. The molecule has 0 heterocycles. The van der Waals surface area contributed by atoms with Gasteiger partial charge in [-0.05, 0) is 154 Å². The summed E-state index contributed by atoms with van der Waals surface area (Å²) in [5.74, 6) is -0.975. The Morgan fingerprint density at radius 3 is 0.753 bits per heavy atom. The van der Waals surface area contributed by atoms with Crippen molar-refractivity contribution in [1.29, 1.82) is 0 Å². The van der Waals surface area contributed by atoms with Crippen molar-refractivity contribution in [3.8, 4) is 0 Å². The minimum atomic E-state index is -0.816. The van der Waals surface area contributed by atoms with E-state index in [4.69, 9.17) is 14.2 Å². The van der Waals surface area contributed by atoms with E-state index in [1.54, 1.807) is 0 Å². The quantitative estimate of drug-likeness (QED) is 0.0261. The molecule has 0 saturated heterocycles. The van der Waals surface area contributed by atoms with Crippen LogP contribution in [-0.4, -0.2) is 37.2 Å². The van der Waals surface area contributed by atoms with E-state index in [1.807, 2.05) is 0 Å². The zero-order valence-corrected chi connectivity index (χ0v) is 51.7. The van der Waals surface area contributed by atoms with Crippen LogP contribution in [-0.2, 0) is 28.6 Å². The molecule has 0 radical (unpaired) electrons. The maximum Gasteiger partial charge on any atom is 0.306 e. The summed E-state index contributed by atoms with van der Waals surface area (Å²) >= 11 is 0. The molecule has 0 bridgehead atoms. The Labute approximate surface area is 497 Å². The lowest BCUT2D eigenvalue weighted by atomic mass is 10.1. The number of hydrogen-bond acceptors (Lipinski definition) is 6. The second kappa shape index (κ2) is 67.0. The molecule has 0 fully saturated rings. The van der Waals surface area contributed by atoms with Crippen LogP contribution in [0.4, 0.5) is 0 Å². The molecule has 0 spiro atoms. The zero-order valence-electron chi connectivity index (χ0n) is 51.7. The van der Waals surface area contributed by atoms with Crippen LogP contribution in [0.3, 0.4) is 0 Å². The zero-order chi connectivity index (χ0) is 58.5. The van der Waals surface area contributed by atoms with Crippen LogP contribution < -0.4 is 0 Å². The van der Waals surface area contributed by atoms with Gasteiger partial charge in [0.1, 0.15) is 13.2 Å². The van der Waals surface area contributed by atoms with Crippen molar-refractivity contribution >= 4 is 17.9 Å². The average Bonchev–Trinajstić information content (AvgIpc) is 3.46. The van der Waals surface area contributed by atoms with Crippen molar-refractivity contribution in [3.63, 3.8) is 0 Å². The Hall–Kier alpha value is -5.49. The van der Waals surface area contributed by atoms with E-state index >= 15 is 0 Å². The van der Waals surface area contributed by atoms with Crippen molar-refractivity contribution in [2.75, 3.05) is 13.2 Å². The van der Waals surface area contributed by atoms with Gasteiger partial charge in [-0.25, -0.2) is 0 Å². The molecule has 81 heavy (non-hydrogen) atoms. The second-order valence-corrected chi connectivity index (χ2v) is 20.5. The number of allylic oxidation sites excluding steroid dienone is 30. The predicted molar refractivity (Wildman–Crippen MR) is 352 cm³/mol. The van der Waals surface area contributed by atoms with E-state index in [0.29, 0.717) is 12.8 Å². The standard InChI is InChI=1S/C75H116O6/c1-4-7-10-13-16-19-22-25-27-29-30-31-32-33-34-35-36-37-38-39-40-41-42-43-44-46-47-50-53-56-59-62-65-68-74(77)80-71-72(70-79-73(76)67-64-61-58-55-52-49-24-21-18-15-12-9-6-3)81-75(78)69-66-63-60-57-54-51-48-45-28-26-23-20-17-14-11-8-5-2/h7-8,10-12,15-17,19-21,24-28,30-31,33-34,36-37,39-40,42-43,46-48,51,72H,4-6,9,13-14,18,22-23,29,32,35,38,41,44-45,49-50,52-71H2,1-3H3/b10-7-,11-8-,15-12-,19-16-,20-17-,24-21-,27-25-,28-26-,31-30-,34-33-,37-36-,40-39-,43-42-,47-46-,51-48-. The van der Waals surface area contributed by atoms with Crippen LogP contribution in [0.1, 0.15) is 252 Å². The summed E-state index contributed by atoms with van der Waals surface area (Å²) in [7, 11) is 0. The molecule has 0 saturated carbocycles. The molecule has 6 nitrogen and oxygen atoms in total. The summed E-state index contributed by atoms with van der Waals surface area (Å²) < 4.78 is 16.9. The van der Waals surface area contributed by atoms with E-state index in [-0.39, 0.29) is 37.5 Å². The average molecular weight is 1110 g/mol. The lowest BCUT2D eigenvalue weighted by Gasteiger charge is -2.18. The fraction of sp³-hybridized carbons (Fsp3) is 0.560. The molecular weight excluding hydrogens is 997 g/mol. The van der Waals surface area contributed by atoms with Crippen LogP contribution in [0.15, 0.2) is 182 Å². The van der Waals surface area contributed by atoms with Gasteiger partial charge in [0.05, 0.1) is 0 Å². The molecule has 0 rings (SSSR count). The maximum absolute atomic E-state index is 12.9. The van der Waals surface area contributed by atoms with Crippen molar-refractivity contribution in [2.24, 2.45) is 0 Å². The molecule has 0 amide bonds. The first-order valence-electron chi connectivity index (χ1n) is 32.3. The number of hydrogen-bond donors (Lipinski definition) is 0. The minimum Gasteiger partial charge on any atom is -0.462 e. The molecule has 452 valence electrons. The van der Waals surface area contributed by atoms with Gasteiger partial charge in [-0.2, -0.15) is 0 Å². The van der Waals surface area contributed by atoms with E-state index in [0.717, 1.165) is 205 Å². The molecule has 0 aromatic heterocycles. The van der Waals surface area contributed by atoms with Gasteiger partial charge >= 0.3 is 17.9 Å². The van der Waals surface area contributed by atoms with E-state index in [1.165, 1.54) is 6.42 Å². The Morgan fingerprint density at radius 2 is 0.481 bits per heavy atom. The highest BCUT2D eigenvalue weighted by atomic mass is 16.6. The van der Waals surface area contributed by atoms with Crippen LogP contribution in [0.2, 0.25) is 0 Å². The lowest BCUT2D eigenvalue weighted by Crippen LogP contribution is -2.30. The smallest absolute Gasteiger partial charge is 0.306 e. The SMILES string of the molecule is CC/C=C\C/C=C\C/C=C\C/C=C\C/C=C\C/C=C\C/C=C\C/C=C\C/C=C\CCCCCCCC(=O)OCC(COC(=O)CCCCCCC/C=C\C/C=C\CCC)OC(=O)CCCCCC/C=C\C/C=C\C/C=C\C/C=C\CC. The summed E-state index contributed by atoms with van der Waals surface area (Å²) in [6.07, 6.45) is 100. The molecular formula is C75H116O6. The third-order valence-electron chi connectivity index (χ3n) is 12.9. The number of carbonyl (C=O) groups excluding carboxylic acids is 3. The minimum absolute atomic E-state index is 0.110. The third kappa shape index (κ3) is 65.2. The third-order valence-corrected chi connectivity index (χ3v) is 12.9. The monoisotopic (exact) mass is 1110 g/mol. The Morgan fingerprint density at radius 1 is 0.259 bits per heavy atom. The number of carbonyl (C=O) groups is 3. The molecule has 0 aromatic carbocycles. The van der Waals surface area contributed by atoms with Crippen molar-refractivity contribution < 1.29 is 28.6 Å².